The minimum Gasteiger partial charge on any atom is -0.384 e. The fourth-order valence-corrected chi connectivity index (χ4v) is 5.63. The molecule has 2 aliphatic heterocycles. The number of likely N-dealkylation sites (tertiary alicyclic amines) is 1. The molecule has 1 aromatic carbocycles. The Labute approximate surface area is 163 Å². The molecule has 0 bridgehead atoms. The van der Waals surface area contributed by atoms with E-state index in [1.165, 1.54) is 17.7 Å². The highest BCUT2D eigenvalue weighted by molar-refractivity contribution is 5.74. The molecule has 4 atom stereocenters. The molecule has 0 unspecified atom stereocenters. The molecule has 1 fully saturated rings. The topological polar surface area (TPSA) is 47.6 Å². The number of hydrogen-bond acceptors (Lipinski definition) is 3. The van der Waals surface area contributed by atoms with E-state index < -0.39 is 0 Å². The molecule has 27 heavy (non-hydrogen) atoms. The van der Waals surface area contributed by atoms with Crippen LogP contribution in [0.3, 0.4) is 0 Å². The maximum Gasteiger partial charge on any atom is 0.317 e. The molecular formula is C22H34N4O. The van der Waals surface area contributed by atoms with Gasteiger partial charge in [-0.15, -0.1) is 0 Å². The molecule has 5 heteroatoms. The van der Waals surface area contributed by atoms with Gasteiger partial charge in [-0.25, -0.2) is 4.79 Å². The predicted octanol–water partition coefficient (Wildman–Crippen LogP) is 3.59. The number of urea groups is 1. The highest BCUT2D eigenvalue weighted by Crippen LogP contribution is 2.50. The molecule has 2 N–H and O–H groups in total. The third-order valence-corrected chi connectivity index (χ3v) is 6.83. The van der Waals surface area contributed by atoms with Gasteiger partial charge in [0.25, 0.3) is 0 Å². The van der Waals surface area contributed by atoms with Crippen LogP contribution in [0.1, 0.15) is 63.0 Å². The van der Waals surface area contributed by atoms with Gasteiger partial charge in [-0.2, -0.15) is 0 Å². The van der Waals surface area contributed by atoms with Crippen LogP contribution < -0.4 is 10.6 Å². The van der Waals surface area contributed by atoms with Crippen molar-refractivity contribution < 1.29 is 4.79 Å². The number of piperidine rings is 1. The summed E-state index contributed by atoms with van der Waals surface area (Å²) in [4.78, 5) is 17.2. The minimum absolute atomic E-state index is 0.0912. The summed E-state index contributed by atoms with van der Waals surface area (Å²) in [7, 11) is 0. The van der Waals surface area contributed by atoms with Crippen LogP contribution in [-0.2, 0) is 0 Å². The van der Waals surface area contributed by atoms with Crippen LogP contribution in [0.4, 0.5) is 10.5 Å². The molecule has 3 aliphatic rings. The predicted molar refractivity (Wildman–Crippen MR) is 111 cm³/mol. The van der Waals surface area contributed by atoms with E-state index in [-0.39, 0.29) is 12.1 Å². The number of hydrogen-bond donors (Lipinski definition) is 2. The van der Waals surface area contributed by atoms with Crippen LogP contribution in [0.2, 0.25) is 0 Å². The summed E-state index contributed by atoms with van der Waals surface area (Å²) < 4.78 is 0. The van der Waals surface area contributed by atoms with Gasteiger partial charge in [0.05, 0.1) is 0 Å². The van der Waals surface area contributed by atoms with Crippen molar-refractivity contribution in [1.82, 2.24) is 15.1 Å². The van der Waals surface area contributed by atoms with E-state index >= 15 is 0 Å². The third kappa shape index (κ3) is 3.31. The average Bonchev–Trinajstić information content (AvgIpc) is 3.08. The van der Waals surface area contributed by atoms with Crippen molar-refractivity contribution >= 4 is 11.7 Å². The van der Waals surface area contributed by atoms with Gasteiger partial charge in [-0.05, 0) is 56.8 Å². The van der Waals surface area contributed by atoms with Crippen LogP contribution in [0.25, 0.3) is 0 Å². The second-order valence-electron chi connectivity index (χ2n) is 8.35. The summed E-state index contributed by atoms with van der Waals surface area (Å²) in [6, 6.07) is 7.70. The lowest BCUT2D eigenvalue weighted by Crippen LogP contribution is -2.58. The van der Waals surface area contributed by atoms with E-state index in [1.54, 1.807) is 5.56 Å². The van der Waals surface area contributed by atoms with Gasteiger partial charge in [0, 0.05) is 55.8 Å². The van der Waals surface area contributed by atoms with Crippen molar-refractivity contribution in [3.05, 3.63) is 29.3 Å². The number of benzene rings is 1. The summed E-state index contributed by atoms with van der Waals surface area (Å²) >= 11 is 0. The zero-order valence-electron chi connectivity index (χ0n) is 17.0. The summed E-state index contributed by atoms with van der Waals surface area (Å²) in [5.74, 6) is 1.18. The second kappa shape index (κ2) is 7.70. The van der Waals surface area contributed by atoms with Crippen molar-refractivity contribution in [2.75, 3.05) is 38.0 Å². The largest absolute Gasteiger partial charge is 0.384 e. The Bertz CT molecular complexity index is 687. The van der Waals surface area contributed by atoms with Gasteiger partial charge < -0.3 is 15.5 Å². The summed E-state index contributed by atoms with van der Waals surface area (Å²) in [6.45, 7) is 11.1. The van der Waals surface area contributed by atoms with Gasteiger partial charge in [-0.1, -0.05) is 19.1 Å². The van der Waals surface area contributed by atoms with Crippen LogP contribution in [-0.4, -0.2) is 60.6 Å². The number of nitrogens with zero attached hydrogens (tertiary/aromatic N) is 2. The number of fused-ring (bicyclic) bond motifs is 2. The number of anilines is 1. The van der Waals surface area contributed by atoms with Crippen LogP contribution >= 0.6 is 0 Å². The molecule has 1 saturated heterocycles. The van der Waals surface area contributed by atoms with Crippen LogP contribution in [0.5, 0.6) is 0 Å². The maximum atomic E-state index is 12.6. The van der Waals surface area contributed by atoms with Gasteiger partial charge in [0.2, 0.25) is 0 Å². The Morgan fingerprint density at radius 2 is 2.07 bits per heavy atom. The number of carbonyl (C=O) groups excluding carboxylic acids is 1. The van der Waals surface area contributed by atoms with Crippen molar-refractivity contribution in [1.29, 1.82) is 0 Å². The zero-order valence-corrected chi connectivity index (χ0v) is 17.0. The van der Waals surface area contributed by atoms with Gasteiger partial charge in [0.15, 0.2) is 0 Å². The molecule has 0 saturated carbocycles. The molecule has 0 spiro atoms. The first-order valence-corrected chi connectivity index (χ1v) is 10.8. The monoisotopic (exact) mass is 370 g/mol. The SMILES string of the molecule is CCCN1C[C@@H](NC(=O)N(CC)CC)C[C@@H]2c3cccc4c3[C@H](CN4)C[C@H]21. The van der Waals surface area contributed by atoms with E-state index in [1.807, 2.05) is 18.7 Å². The lowest BCUT2D eigenvalue weighted by atomic mass is 9.69. The molecule has 1 aliphatic carbocycles. The van der Waals surface area contributed by atoms with Crippen molar-refractivity contribution in [2.24, 2.45) is 0 Å². The molecule has 148 valence electrons. The molecule has 2 amide bonds. The Morgan fingerprint density at radius 1 is 1.26 bits per heavy atom. The molecule has 4 rings (SSSR count). The first-order valence-electron chi connectivity index (χ1n) is 10.8. The quantitative estimate of drug-likeness (QED) is 0.833. The van der Waals surface area contributed by atoms with E-state index in [0.717, 1.165) is 45.6 Å². The lowest BCUT2D eigenvalue weighted by molar-refractivity contribution is 0.0838. The van der Waals surface area contributed by atoms with E-state index in [0.29, 0.717) is 17.9 Å². The number of amides is 2. The molecule has 5 nitrogen and oxygen atoms in total. The normalized spacial score (nSPS) is 28.9. The van der Waals surface area contributed by atoms with E-state index in [9.17, 15) is 4.79 Å². The number of carbonyl (C=O) groups is 1. The molecular weight excluding hydrogens is 336 g/mol. The van der Waals surface area contributed by atoms with Crippen molar-refractivity contribution in [3.63, 3.8) is 0 Å². The first-order chi connectivity index (χ1) is 13.2. The highest BCUT2D eigenvalue weighted by atomic mass is 16.2. The fraction of sp³-hybridized carbons (Fsp3) is 0.682. The van der Waals surface area contributed by atoms with E-state index in [4.69, 9.17) is 0 Å². The van der Waals surface area contributed by atoms with Crippen LogP contribution in [0, 0.1) is 0 Å². The van der Waals surface area contributed by atoms with Crippen molar-refractivity contribution in [3.8, 4) is 0 Å². The lowest BCUT2D eigenvalue weighted by Gasteiger charge is -2.49. The highest BCUT2D eigenvalue weighted by Gasteiger charge is 2.45. The number of nitrogens with one attached hydrogen (secondary N) is 2. The smallest absolute Gasteiger partial charge is 0.317 e. The van der Waals surface area contributed by atoms with Crippen LogP contribution in [0.15, 0.2) is 18.2 Å². The first kappa shape index (κ1) is 18.6. The third-order valence-electron chi connectivity index (χ3n) is 6.83. The minimum atomic E-state index is 0.0912. The molecule has 1 aromatic rings. The average molecular weight is 371 g/mol. The summed E-state index contributed by atoms with van der Waals surface area (Å²) in [5, 5.41) is 6.96. The zero-order chi connectivity index (χ0) is 19.0. The van der Waals surface area contributed by atoms with Gasteiger partial charge in [-0.3, -0.25) is 4.90 Å². The fourth-order valence-electron chi connectivity index (χ4n) is 5.63. The Hall–Kier alpha value is -1.75. The molecule has 2 heterocycles. The summed E-state index contributed by atoms with van der Waals surface area (Å²) in [5.41, 5.74) is 4.43. The van der Waals surface area contributed by atoms with Gasteiger partial charge >= 0.3 is 6.03 Å². The Morgan fingerprint density at radius 3 is 2.81 bits per heavy atom. The second-order valence-corrected chi connectivity index (χ2v) is 8.35. The maximum absolute atomic E-state index is 12.6. The Balaban J connectivity index is 1.59. The van der Waals surface area contributed by atoms with E-state index in [2.05, 4.69) is 40.7 Å². The molecule has 0 aromatic heterocycles. The van der Waals surface area contributed by atoms with Crippen molar-refractivity contribution in [2.45, 2.75) is 64.0 Å². The summed E-state index contributed by atoms with van der Waals surface area (Å²) in [6.07, 6.45) is 3.47. The molecule has 0 radical (unpaired) electrons. The number of rotatable bonds is 5. The Kier molecular flexibility index (Phi) is 5.31. The standard InChI is InChI=1S/C22H34N4O/c1-4-10-26-14-16(24-22(27)25(5-2)6-3)12-18-17-8-7-9-19-21(17)15(13-23-19)11-20(18)26/h7-9,15-16,18,20,23H,4-6,10-14H2,1-3H3,(H,24,27)/t15-,16-,18+,20+/m0/s1. The van der Waals surface area contributed by atoms with Gasteiger partial charge in [0.1, 0.15) is 0 Å².